The summed E-state index contributed by atoms with van der Waals surface area (Å²) in [4.78, 5) is 3.23. The molecule has 0 aromatic carbocycles. The second kappa shape index (κ2) is 7.39. The summed E-state index contributed by atoms with van der Waals surface area (Å²) in [6.45, 7) is 5.40. The Labute approximate surface area is 102 Å². The van der Waals surface area contributed by atoms with E-state index in [1.807, 2.05) is 23.6 Å². The van der Waals surface area contributed by atoms with Crippen LogP contribution in [0, 0.1) is 0 Å². The molecule has 0 radical (unpaired) electrons. The summed E-state index contributed by atoms with van der Waals surface area (Å²) in [6, 6.07) is 3.95. The van der Waals surface area contributed by atoms with Crippen LogP contribution >= 0.6 is 11.3 Å². The predicted molar refractivity (Wildman–Crippen MR) is 70.7 cm³/mol. The van der Waals surface area contributed by atoms with Gasteiger partial charge in [-0.15, -0.1) is 11.3 Å². The van der Waals surface area contributed by atoms with Crippen LogP contribution in [0.4, 0.5) is 0 Å². The Morgan fingerprint density at radius 3 is 3.06 bits per heavy atom. The van der Waals surface area contributed by atoms with E-state index in [2.05, 4.69) is 24.6 Å². The lowest BCUT2D eigenvalue weighted by atomic mass is 10.2. The molecule has 1 heterocycles. The number of hydrogen-bond donors (Lipinski definition) is 1. The zero-order chi connectivity index (χ0) is 11.8. The molecule has 0 fully saturated rings. The summed E-state index contributed by atoms with van der Waals surface area (Å²) in [5.41, 5.74) is 0. The number of rotatable bonds is 7. The molecule has 1 N–H and O–H groups in total. The van der Waals surface area contributed by atoms with Gasteiger partial charge in [-0.2, -0.15) is 0 Å². The van der Waals surface area contributed by atoms with E-state index in [9.17, 15) is 5.11 Å². The van der Waals surface area contributed by atoms with Crippen molar-refractivity contribution in [1.82, 2.24) is 4.90 Å². The molecule has 3 heteroatoms. The molecule has 0 aliphatic heterocycles. The van der Waals surface area contributed by atoms with E-state index in [-0.39, 0.29) is 6.10 Å². The normalized spacial score (nSPS) is 13.4. The van der Waals surface area contributed by atoms with Crippen molar-refractivity contribution >= 4 is 11.3 Å². The number of hydrogen-bond acceptors (Lipinski definition) is 3. The summed E-state index contributed by atoms with van der Waals surface area (Å²) in [6.07, 6.45) is 6.22. The second-order valence-electron chi connectivity index (χ2n) is 3.75. The Kier molecular flexibility index (Phi) is 6.08. The van der Waals surface area contributed by atoms with Crippen molar-refractivity contribution < 1.29 is 5.11 Å². The van der Waals surface area contributed by atoms with Crippen molar-refractivity contribution in [3.8, 4) is 0 Å². The number of allylic oxidation sites excluding steroid dienone is 2. The molecule has 0 spiro atoms. The quantitative estimate of drug-likeness (QED) is 0.737. The first-order chi connectivity index (χ1) is 7.74. The highest BCUT2D eigenvalue weighted by atomic mass is 32.1. The Balaban J connectivity index is 2.23. The minimum Gasteiger partial charge on any atom is -0.388 e. The summed E-state index contributed by atoms with van der Waals surface area (Å²) in [7, 11) is 2.05. The van der Waals surface area contributed by atoms with Gasteiger partial charge in [0.2, 0.25) is 0 Å². The molecule has 1 unspecified atom stereocenters. The number of aliphatic hydroxyl groups is 1. The number of likely N-dealkylation sites (N-methyl/N-ethyl adjacent to an activating group) is 1. The van der Waals surface area contributed by atoms with Gasteiger partial charge in [0.25, 0.3) is 0 Å². The van der Waals surface area contributed by atoms with Crippen molar-refractivity contribution in [2.24, 2.45) is 0 Å². The Morgan fingerprint density at radius 2 is 2.44 bits per heavy atom. The molecule has 0 saturated carbocycles. The Hall–Kier alpha value is -0.900. The van der Waals surface area contributed by atoms with Crippen molar-refractivity contribution in [2.75, 3.05) is 20.1 Å². The Morgan fingerprint density at radius 1 is 1.62 bits per heavy atom. The summed E-state index contributed by atoms with van der Waals surface area (Å²) in [5, 5.41) is 11.9. The molecule has 0 saturated heterocycles. The van der Waals surface area contributed by atoms with Crippen molar-refractivity contribution in [3.63, 3.8) is 0 Å². The topological polar surface area (TPSA) is 23.5 Å². The van der Waals surface area contributed by atoms with E-state index < -0.39 is 0 Å². The zero-order valence-corrected chi connectivity index (χ0v) is 10.5. The van der Waals surface area contributed by atoms with Crippen LogP contribution in [0.5, 0.6) is 0 Å². The smallest absolute Gasteiger partial charge is 0.0894 e. The third-order valence-electron chi connectivity index (χ3n) is 2.35. The second-order valence-corrected chi connectivity index (χ2v) is 4.73. The molecule has 1 aromatic heterocycles. The molecule has 88 valence electrons. The minimum absolute atomic E-state index is 0.328. The van der Waals surface area contributed by atoms with Crippen LogP contribution in [-0.4, -0.2) is 30.1 Å². The number of nitrogens with zero attached hydrogens (tertiary/aromatic N) is 1. The van der Waals surface area contributed by atoms with Gasteiger partial charge in [-0.25, -0.2) is 0 Å². The first kappa shape index (κ1) is 13.2. The molecular weight excluding hydrogens is 218 g/mol. The van der Waals surface area contributed by atoms with E-state index >= 15 is 0 Å². The van der Waals surface area contributed by atoms with E-state index in [0.717, 1.165) is 24.4 Å². The SMILES string of the molecule is C=C/C=C/CN(C)CCC(O)c1cccs1. The first-order valence-electron chi connectivity index (χ1n) is 5.41. The van der Waals surface area contributed by atoms with Crippen LogP contribution in [0.1, 0.15) is 17.4 Å². The van der Waals surface area contributed by atoms with Gasteiger partial charge in [-0.3, -0.25) is 0 Å². The van der Waals surface area contributed by atoms with E-state index in [1.54, 1.807) is 17.4 Å². The third kappa shape index (κ3) is 4.75. The fraction of sp³-hybridized carbons (Fsp3) is 0.385. The van der Waals surface area contributed by atoms with Gasteiger partial charge < -0.3 is 10.0 Å². The molecular formula is C13H19NOS. The molecule has 1 atom stereocenters. The van der Waals surface area contributed by atoms with Gasteiger partial charge in [0.05, 0.1) is 6.10 Å². The lowest BCUT2D eigenvalue weighted by Crippen LogP contribution is -2.21. The first-order valence-corrected chi connectivity index (χ1v) is 6.29. The van der Waals surface area contributed by atoms with Crippen LogP contribution in [0.2, 0.25) is 0 Å². The average molecular weight is 237 g/mol. The highest BCUT2D eigenvalue weighted by Gasteiger charge is 2.08. The van der Waals surface area contributed by atoms with Gasteiger partial charge >= 0.3 is 0 Å². The summed E-state index contributed by atoms with van der Waals surface area (Å²) < 4.78 is 0. The summed E-state index contributed by atoms with van der Waals surface area (Å²) >= 11 is 1.61. The van der Waals surface area contributed by atoms with E-state index in [0.29, 0.717) is 0 Å². The highest BCUT2D eigenvalue weighted by molar-refractivity contribution is 7.10. The van der Waals surface area contributed by atoms with Crippen LogP contribution < -0.4 is 0 Å². The van der Waals surface area contributed by atoms with E-state index in [1.165, 1.54) is 0 Å². The van der Waals surface area contributed by atoms with Crippen LogP contribution in [0.25, 0.3) is 0 Å². The van der Waals surface area contributed by atoms with Crippen molar-refractivity contribution in [3.05, 3.63) is 47.2 Å². The molecule has 2 nitrogen and oxygen atoms in total. The molecule has 0 bridgehead atoms. The van der Waals surface area contributed by atoms with Crippen molar-refractivity contribution in [2.45, 2.75) is 12.5 Å². The van der Waals surface area contributed by atoms with Gasteiger partial charge in [0.15, 0.2) is 0 Å². The lowest BCUT2D eigenvalue weighted by molar-refractivity contribution is 0.155. The highest BCUT2D eigenvalue weighted by Crippen LogP contribution is 2.21. The van der Waals surface area contributed by atoms with Crippen LogP contribution in [0.15, 0.2) is 42.3 Å². The molecule has 1 aromatic rings. The number of aliphatic hydroxyl groups excluding tert-OH is 1. The largest absolute Gasteiger partial charge is 0.388 e. The standard InChI is InChI=1S/C13H19NOS/c1-3-4-5-9-14(2)10-8-12(15)13-7-6-11-16-13/h3-7,11-12,15H,1,8-10H2,2H3/b5-4+. The van der Waals surface area contributed by atoms with Gasteiger partial charge in [0.1, 0.15) is 0 Å². The van der Waals surface area contributed by atoms with Gasteiger partial charge in [-0.05, 0) is 24.9 Å². The van der Waals surface area contributed by atoms with E-state index in [4.69, 9.17) is 0 Å². The monoisotopic (exact) mass is 237 g/mol. The number of thiophene rings is 1. The maximum absolute atomic E-state index is 9.88. The van der Waals surface area contributed by atoms with Crippen molar-refractivity contribution in [1.29, 1.82) is 0 Å². The maximum atomic E-state index is 9.88. The lowest BCUT2D eigenvalue weighted by Gasteiger charge is -2.16. The van der Waals surface area contributed by atoms with Gasteiger partial charge in [0, 0.05) is 18.0 Å². The molecule has 16 heavy (non-hydrogen) atoms. The van der Waals surface area contributed by atoms with Gasteiger partial charge in [-0.1, -0.05) is 30.9 Å². The van der Waals surface area contributed by atoms with Crippen LogP contribution in [-0.2, 0) is 0 Å². The van der Waals surface area contributed by atoms with Crippen LogP contribution in [0.3, 0.4) is 0 Å². The minimum atomic E-state index is -0.328. The summed E-state index contributed by atoms with van der Waals surface area (Å²) in [5.74, 6) is 0. The molecule has 0 aliphatic carbocycles. The average Bonchev–Trinajstić information content (AvgIpc) is 2.79. The predicted octanol–water partition coefficient (Wildman–Crippen LogP) is 2.85. The third-order valence-corrected chi connectivity index (χ3v) is 3.32. The zero-order valence-electron chi connectivity index (χ0n) is 9.67. The molecule has 0 amide bonds. The molecule has 1 rings (SSSR count). The maximum Gasteiger partial charge on any atom is 0.0894 e. The Bertz CT molecular complexity index is 319. The fourth-order valence-electron chi connectivity index (χ4n) is 1.39. The molecule has 0 aliphatic rings. The fourth-order valence-corrected chi connectivity index (χ4v) is 2.14.